The molecular weight excluding hydrogens is 277 g/mol. The van der Waals surface area contributed by atoms with Crippen LogP contribution in [0.25, 0.3) is 0 Å². The number of nitrogens with zero attached hydrogens (tertiary/aromatic N) is 2. The molecule has 1 aromatic heterocycles. The quantitative estimate of drug-likeness (QED) is 0.863. The highest BCUT2D eigenvalue weighted by atomic mass is 35.5. The van der Waals surface area contributed by atoms with Crippen LogP contribution in [0.2, 0.25) is 5.15 Å². The fraction of sp³-hybridized carbons (Fsp3) is 0.333. The Hall–Kier alpha value is -1.68. The van der Waals surface area contributed by atoms with Gasteiger partial charge in [0.05, 0.1) is 0 Å². The molecule has 2 rings (SSSR count). The zero-order valence-electron chi connectivity index (χ0n) is 11.7. The molecule has 0 radical (unpaired) electrons. The molecule has 2 aromatic rings. The SMILES string of the molecule is CC(C)(C)c1nc(Cl)cc(NCc2ccccc2F)n1. The van der Waals surface area contributed by atoms with E-state index in [1.165, 1.54) is 6.07 Å². The monoisotopic (exact) mass is 293 g/mol. The molecule has 0 bridgehead atoms. The molecule has 0 fully saturated rings. The van der Waals surface area contributed by atoms with E-state index in [1.54, 1.807) is 24.3 Å². The Bertz CT molecular complexity index is 608. The summed E-state index contributed by atoms with van der Waals surface area (Å²) >= 11 is 6.00. The van der Waals surface area contributed by atoms with Crippen molar-refractivity contribution in [1.82, 2.24) is 9.97 Å². The van der Waals surface area contributed by atoms with Crippen LogP contribution in [0.3, 0.4) is 0 Å². The van der Waals surface area contributed by atoms with Crippen LogP contribution in [0.1, 0.15) is 32.2 Å². The summed E-state index contributed by atoms with van der Waals surface area (Å²) in [5.41, 5.74) is 0.388. The van der Waals surface area contributed by atoms with E-state index < -0.39 is 0 Å². The second kappa shape index (κ2) is 5.75. The Morgan fingerprint density at radius 1 is 1.20 bits per heavy atom. The summed E-state index contributed by atoms with van der Waals surface area (Å²) in [7, 11) is 0. The molecule has 0 saturated carbocycles. The first-order valence-corrected chi connectivity index (χ1v) is 6.76. The van der Waals surface area contributed by atoms with Crippen LogP contribution >= 0.6 is 11.6 Å². The third kappa shape index (κ3) is 3.67. The van der Waals surface area contributed by atoms with Crippen LogP contribution < -0.4 is 5.32 Å². The lowest BCUT2D eigenvalue weighted by Gasteiger charge is -2.18. The average Bonchev–Trinajstić information content (AvgIpc) is 2.36. The lowest BCUT2D eigenvalue weighted by molar-refractivity contribution is 0.546. The second-order valence-corrected chi connectivity index (χ2v) is 5.98. The Labute approximate surface area is 123 Å². The molecular formula is C15H17ClFN3. The van der Waals surface area contributed by atoms with Crippen molar-refractivity contribution in [2.24, 2.45) is 0 Å². The summed E-state index contributed by atoms with van der Waals surface area (Å²) in [4.78, 5) is 8.64. The summed E-state index contributed by atoms with van der Waals surface area (Å²) in [6, 6.07) is 8.27. The number of rotatable bonds is 3. The van der Waals surface area contributed by atoms with Crippen molar-refractivity contribution in [3.05, 3.63) is 52.7 Å². The van der Waals surface area contributed by atoms with Gasteiger partial charge in [0, 0.05) is 23.6 Å². The summed E-state index contributed by atoms with van der Waals surface area (Å²) < 4.78 is 13.5. The minimum atomic E-state index is -0.240. The van der Waals surface area contributed by atoms with Crippen LogP contribution in [0.15, 0.2) is 30.3 Å². The van der Waals surface area contributed by atoms with Gasteiger partial charge in [-0.05, 0) is 6.07 Å². The molecule has 0 aliphatic carbocycles. The maximum absolute atomic E-state index is 13.5. The second-order valence-electron chi connectivity index (χ2n) is 5.59. The van der Waals surface area contributed by atoms with E-state index in [4.69, 9.17) is 11.6 Å². The predicted octanol–water partition coefficient (Wildman–Crippen LogP) is 4.18. The van der Waals surface area contributed by atoms with Crippen LogP contribution in [0.4, 0.5) is 10.2 Å². The first-order valence-electron chi connectivity index (χ1n) is 6.38. The zero-order chi connectivity index (χ0) is 14.8. The van der Waals surface area contributed by atoms with E-state index in [0.29, 0.717) is 28.9 Å². The van der Waals surface area contributed by atoms with Gasteiger partial charge >= 0.3 is 0 Å². The fourth-order valence-electron chi connectivity index (χ4n) is 1.67. The normalized spacial score (nSPS) is 11.4. The van der Waals surface area contributed by atoms with Gasteiger partial charge in [0.15, 0.2) is 0 Å². The molecule has 0 saturated heterocycles. The molecule has 1 aromatic carbocycles. The Morgan fingerprint density at radius 3 is 2.55 bits per heavy atom. The van der Waals surface area contributed by atoms with Crippen molar-refractivity contribution >= 4 is 17.4 Å². The largest absolute Gasteiger partial charge is 0.366 e. The van der Waals surface area contributed by atoms with Gasteiger partial charge in [-0.1, -0.05) is 50.6 Å². The number of nitrogens with one attached hydrogen (secondary N) is 1. The maximum atomic E-state index is 13.5. The van der Waals surface area contributed by atoms with Crippen LogP contribution in [0.5, 0.6) is 0 Å². The molecule has 0 atom stereocenters. The minimum absolute atomic E-state index is 0.195. The molecule has 0 spiro atoms. The Kier molecular flexibility index (Phi) is 4.23. The number of hydrogen-bond acceptors (Lipinski definition) is 3. The van der Waals surface area contributed by atoms with Gasteiger partial charge in [-0.25, -0.2) is 14.4 Å². The zero-order valence-corrected chi connectivity index (χ0v) is 12.5. The Balaban J connectivity index is 2.18. The molecule has 106 valence electrons. The van der Waals surface area contributed by atoms with Crippen molar-refractivity contribution in [2.45, 2.75) is 32.7 Å². The molecule has 0 aliphatic heterocycles. The fourth-order valence-corrected chi connectivity index (χ4v) is 1.85. The molecule has 20 heavy (non-hydrogen) atoms. The van der Waals surface area contributed by atoms with E-state index in [2.05, 4.69) is 15.3 Å². The number of aromatic nitrogens is 2. The van der Waals surface area contributed by atoms with Gasteiger partial charge < -0.3 is 5.32 Å². The summed E-state index contributed by atoms with van der Waals surface area (Å²) in [6.45, 7) is 6.39. The maximum Gasteiger partial charge on any atom is 0.137 e. The third-order valence-electron chi connectivity index (χ3n) is 2.78. The van der Waals surface area contributed by atoms with Gasteiger partial charge in [-0.3, -0.25) is 0 Å². The first-order chi connectivity index (χ1) is 9.36. The van der Waals surface area contributed by atoms with Gasteiger partial charge in [-0.2, -0.15) is 0 Å². The van der Waals surface area contributed by atoms with Crippen molar-refractivity contribution in [3.8, 4) is 0 Å². The number of hydrogen-bond donors (Lipinski definition) is 1. The molecule has 5 heteroatoms. The topological polar surface area (TPSA) is 37.8 Å². The summed E-state index contributed by atoms with van der Waals surface area (Å²) in [6.07, 6.45) is 0. The Morgan fingerprint density at radius 2 is 1.90 bits per heavy atom. The predicted molar refractivity (Wildman–Crippen MR) is 79.5 cm³/mol. The van der Waals surface area contributed by atoms with Gasteiger partial charge in [-0.15, -0.1) is 0 Å². The van der Waals surface area contributed by atoms with Crippen LogP contribution in [0, 0.1) is 5.82 Å². The van der Waals surface area contributed by atoms with E-state index in [9.17, 15) is 4.39 Å². The van der Waals surface area contributed by atoms with Gasteiger partial charge in [0.2, 0.25) is 0 Å². The number of anilines is 1. The highest BCUT2D eigenvalue weighted by Crippen LogP contribution is 2.22. The van der Waals surface area contributed by atoms with Crippen molar-refractivity contribution in [1.29, 1.82) is 0 Å². The van der Waals surface area contributed by atoms with Crippen LogP contribution in [-0.4, -0.2) is 9.97 Å². The standard InChI is InChI=1S/C15H17ClFN3/c1-15(2,3)14-19-12(16)8-13(20-14)18-9-10-6-4-5-7-11(10)17/h4-8H,9H2,1-3H3,(H,18,19,20). The molecule has 0 unspecified atom stereocenters. The highest BCUT2D eigenvalue weighted by Gasteiger charge is 2.18. The minimum Gasteiger partial charge on any atom is -0.366 e. The van der Waals surface area contributed by atoms with Gasteiger partial charge in [0.25, 0.3) is 0 Å². The van der Waals surface area contributed by atoms with E-state index in [-0.39, 0.29) is 11.2 Å². The van der Waals surface area contributed by atoms with Gasteiger partial charge in [0.1, 0.15) is 22.6 Å². The van der Waals surface area contributed by atoms with Crippen molar-refractivity contribution in [2.75, 3.05) is 5.32 Å². The number of benzene rings is 1. The lowest BCUT2D eigenvalue weighted by atomic mass is 9.96. The average molecular weight is 294 g/mol. The molecule has 1 heterocycles. The molecule has 0 amide bonds. The van der Waals surface area contributed by atoms with E-state index in [1.807, 2.05) is 20.8 Å². The third-order valence-corrected chi connectivity index (χ3v) is 2.98. The number of halogens is 2. The highest BCUT2D eigenvalue weighted by molar-refractivity contribution is 6.29. The van der Waals surface area contributed by atoms with E-state index >= 15 is 0 Å². The van der Waals surface area contributed by atoms with Crippen molar-refractivity contribution < 1.29 is 4.39 Å². The summed E-state index contributed by atoms with van der Waals surface area (Å²) in [5.74, 6) is 1.01. The van der Waals surface area contributed by atoms with Crippen LogP contribution in [-0.2, 0) is 12.0 Å². The molecule has 0 aliphatic rings. The smallest absolute Gasteiger partial charge is 0.137 e. The lowest BCUT2D eigenvalue weighted by Crippen LogP contribution is -2.17. The first kappa shape index (κ1) is 14.7. The van der Waals surface area contributed by atoms with E-state index in [0.717, 1.165) is 0 Å². The van der Waals surface area contributed by atoms with Crippen molar-refractivity contribution in [3.63, 3.8) is 0 Å². The molecule has 1 N–H and O–H groups in total. The summed E-state index contributed by atoms with van der Waals surface area (Å²) in [5, 5.41) is 3.46. The molecule has 3 nitrogen and oxygen atoms in total.